The monoisotopic (exact) mass is 389 g/mol. The fourth-order valence-electron chi connectivity index (χ4n) is 4.17. The van der Waals surface area contributed by atoms with E-state index in [2.05, 4.69) is 5.10 Å². The van der Waals surface area contributed by atoms with E-state index < -0.39 is 23.5 Å². The van der Waals surface area contributed by atoms with Crippen LogP contribution in [-0.2, 0) is 17.6 Å². The fourth-order valence-corrected chi connectivity index (χ4v) is 4.17. The van der Waals surface area contributed by atoms with Crippen molar-refractivity contribution in [2.24, 2.45) is 5.92 Å². The summed E-state index contributed by atoms with van der Waals surface area (Å²) in [6.45, 7) is 2.06. The lowest BCUT2D eigenvalue weighted by atomic mass is 9.93. The standard InChI is InChI=1S/C20H21F2N3O3/c1-11-5-6-12(20(27)28)10-24(11)19(26)18-14-3-2-4-17(14)25(23-18)13-7-8-15(21)16(22)9-13/h7-9,11-12H,2-6,10H2,1H3,(H,27,28). The number of halogens is 2. The minimum absolute atomic E-state index is 0.0754. The van der Waals surface area contributed by atoms with Gasteiger partial charge in [0.1, 0.15) is 0 Å². The highest BCUT2D eigenvalue weighted by Crippen LogP contribution is 2.31. The van der Waals surface area contributed by atoms with Gasteiger partial charge in [0.15, 0.2) is 17.3 Å². The molecule has 4 rings (SSSR count). The van der Waals surface area contributed by atoms with Crippen LogP contribution in [0.4, 0.5) is 8.78 Å². The van der Waals surface area contributed by atoms with Gasteiger partial charge in [-0.15, -0.1) is 0 Å². The van der Waals surface area contributed by atoms with Crippen LogP contribution in [0.5, 0.6) is 0 Å². The smallest absolute Gasteiger partial charge is 0.308 e. The molecule has 1 fully saturated rings. The molecule has 1 saturated heterocycles. The number of piperidine rings is 1. The maximum absolute atomic E-state index is 13.7. The first-order valence-electron chi connectivity index (χ1n) is 9.46. The molecule has 8 heteroatoms. The Hall–Kier alpha value is -2.77. The van der Waals surface area contributed by atoms with E-state index in [1.54, 1.807) is 4.90 Å². The molecule has 6 nitrogen and oxygen atoms in total. The molecule has 2 aliphatic rings. The highest BCUT2D eigenvalue weighted by Gasteiger charge is 2.36. The molecule has 28 heavy (non-hydrogen) atoms. The summed E-state index contributed by atoms with van der Waals surface area (Å²) in [5.74, 6) is -3.69. The van der Waals surface area contributed by atoms with Gasteiger partial charge < -0.3 is 10.0 Å². The van der Waals surface area contributed by atoms with Gasteiger partial charge in [-0.3, -0.25) is 9.59 Å². The largest absolute Gasteiger partial charge is 0.481 e. The Kier molecular flexibility index (Phi) is 4.64. The number of likely N-dealkylation sites (tertiary alicyclic amines) is 1. The normalized spacial score (nSPS) is 21.6. The van der Waals surface area contributed by atoms with E-state index in [0.29, 0.717) is 31.4 Å². The zero-order chi connectivity index (χ0) is 20.0. The predicted octanol–water partition coefficient (Wildman–Crippen LogP) is 2.96. The first-order valence-corrected chi connectivity index (χ1v) is 9.46. The minimum Gasteiger partial charge on any atom is -0.481 e. The summed E-state index contributed by atoms with van der Waals surface area (Å²) in [6.07, 6.45) is 3.40. The van der Waals surface area contributed by atoms with E-state index in [0.717, 1.165) is 29.8 Å². The van der Waals surface area contributed by atoms with Crippen LogP contribution in [-0.4, -0.2) is 44.3 Å². The highest BCUT2D eigenvalue weighted by molar-refractivity contribution is 5.95. The Morgan fingerprint density at radius 3 is 2.68 bits per heavy atom. The van der Waals surface area contributed by atoms with Crippen molar-refractivity contribution in [2.45, 2.75) is 45.1 Å². The third-order valence-electron chi connectivity index (χ3n) is 5.77. The average Bonchev–Trinajstić information content (AvgIpc) is 3.26. The number of carboxylic acid groups (broad SMARTS) is 1. The van der Waals surface area contributed by atoms with Crippen molar-refractivity contribution < 1.29 is 23.5 Å². The molecular weight excluding hydrogens is 368 g/mol. The molecule has 1 N–H and O–H groups in total. The van der Waals surface area contributed by atoms with Gasteiger partial charge in [-0.25, -0.2) is 13.5 Å². The zero-order valence-corrected chi connectivity index (χ0v) is 15.5. The van der Waals surface area contributed by atoms with Crippen molar-refractivity contribution in [2.75, 3.05) is 6.54 Å². The molecule has 2 unspecified atom stereocenters. The van der Waals surface area contributed by atoms with E-state index in [-0.39, 0.29) is 24.2 Å². The molecule has 0 spiro atoms. The molecule has 2 heterocycles. The molecule has 1 aromatic heterocycles. The summed E-state index contributed by atoms with van der Waals surface area (Å²) in [5.41, 5.74) is 2.30. The van der Waals surface area contributed by atoms with E-state index in [1.165, 1.54) is 10.7 Å². The Morgan fingerprint density at radius 2 is 1.96 bits per heavy atom. The number of rotatable bonds is 3. The average molecular weight is 389 g/mol. The summed E-state index contributed by atoms with van der Waals surface area (Å²) in [6, 6.07) is 3.47. The number of hydrogen-bond acceptors (Lipinski definition) is 3. The molecule has 2 atom stereocenters. The second-order valence-corrected chi connectivity index (χ2v) is 7.56. The Morgan fingerprint density at radius 1 is 1.18 bits per heavy atom. The highest BCUT2D eigenvalue weighted by atomic mass is 19.2. The molecule has 1 aliphatic heterocycles. The van der Waals surface area contributed by atoms with Crippen molar-refractivity contribution in [3.63, 3.8) is 0 Å². The van der Waals surface area contributed by atoms with Gasteiger partial charge in [-0.05, 0) is 51.2 Å². The second kappa shape index (κ2) is 7.00. The van der Waals surface area contributed by atoms with Crippen LogP contribution < -0.4 is 0 Å². The number of aliphatic carboxylic acids is 1. The van der Waals surface area contributed by atoms with E-state index in [9.17, 15) is 23.5 Å². The number of carboxylic acids is 1. The van der Waals surface area contributed by atoms with Crippen LogP contribution >= 0.6 is 0 Å². The summed E-state index contributed by atoms with van der Waals surface area (Å²) in [5, 5.41) is 13.8. The van der Waals surface area contributed by atoms with Gasteiger partial charge in [0, 0.05) is 29.9 Å². The van der Waals surface area contributed by atoms with Gasteiger partial charge in [0.05, 0.1) is 11.6 Å². The third kappa shape index (κ3) is 3.06. The maximum Gasteiger partial charge on any atom is 0.308 e. The topological polar surface area (TPSA) is 75.4 Å². The number of carbonyl (C=O) groups is 2. The van der Waals surface area contributed by atoms with Crippen molar-refractivity contribution in [1.29, 1.82) is 0 Å². The quantitative estimate of drug-likeness (QED) is 0.876. The molecule has 1 aromatic carbocycles. The van der Waals surface area contributed by atoms with Crippen molar-refractivity contribution in [1.82, 2.24) is 14.7 Å². The number of nitrogens with zero attached hydrogens (tertiary/aromatic N) is 3. The summed E-state index contributed by atoms with van der Waals surface area (Å²) < 4.78 is 28.5. The molecule has 2 aromatic rings. The number of carbonyl (C=O) groups excluding carboxylic acids is 1. The van der Waals surface area contributed by atoms with E-state index in [4.69, 9.17) is 0 Å². The minimum atomic E-state index is -0.971. The van der Waals surface area contributed by atoms with Gasteiger partial charge >= 0.3 is 5.97 Å². The molecule has 0 bridgehead atoms. The zero-order valence-electron chi connectivity index (χ0n) is 15.5. The third-order valence-corrected chi connectivity index (χ3v) is 5.77. The molecule has 1 aliphatic carbocycles. The van der Waals surface area contributed by atoms with Gasteiger partial charge in [0.2, 0.25) is 0 Å². The molecular formula is C20H21F2N3O3. The number of fused-ring (bicyclic) bond motifs is 1. The Labute approximate surface area is 160 Å². The van der Waals surface area contributed by atoms with Crippen molar-refractivity contribution in [3.8, 4) is 5.69 Å². The lowest BCUT2D eigenvalue weighted by molar-refractivity contribution is -0.143. The summed E-state index contributed by atoms with van der Waals surface area (Å²) in [7, 11) is 0. The Balaban J connectivity index is 1.71. The SMILES string of the molecule is CC1CCC(C(=O)O)CN1C(=O)c1nn(-c2ccc(F)c(F)c2)c2c1CCC2. The van der Waals surface area contributed by atoms with Crippen molar-refractivity contribution >= 4 is 11.9 Å². The van der Waals surface area contributed by atoms with Crippen molar-refractivity contribution in [3.05, 3.63) is 46.8 Å². The van der Waals surface area contributed by atoms with E-state index >= 15 is 0 Å². The van der Waals surface area contributed by atoms with Gasteiger partial charge in [-0.1, -0.05) is 0 Å². The van der Waals surface area contributed by atoms with Crippen LogP contribution in [0, 0.1) is 17.6 Å². The van der Waals surface area contributed by atoms with Gasteiger partial charge in [-0.2, -0.15) is 5.10 Å². The number of benzene rings is 1. The number of hydrogen-bond donors (Lipinski definition) is 1. The van der Waals surface area contributed by atoms with Gasteiger partial charge in [0.25, 0.3) is 5.91 Å². The molecule has 0 radical (unpaired) electrons. The lowest BCUT2D eigenvalue weighted by Gasteiger charge is -2.36. The predicted molar refractivity (Wildman–Crippen MR) is 96.4 cm³/mol. The first kappa shape index (κ1) is 18.6. The van der Waals surface area contributed by atoms with Crippen LogP contribution in [0.25, 0.3) is 5.69 Å². The first-order chi connectivity index (χ1) is 13.4. The Bertz CT molecular complexity index is 956. The number of amides is 1. The molecule has 148 valence electrons. The fraction of sp³-hybridized carbons (Fsp3) is 0.450. The maximum atomic E-state index is 13.7. The van der Waals surface area contributed by atoms with Crippen LogP contribution in [0.15, 0.2) is 18.2 Å². The van der Waals surface area contributed by atoms with E-state index in [1.807, 2.05) is 6.92 Å². The lowest BCUT2D eigenvalue weighted by Crippen LogP contribution is -2.47. The summed E-state index contributed by atoms with van der Waals surface area (Å²) in [4.78, 5) is 26.2. The van der Waals surface area contributed by atoms with Crippen LogP contribution in [0.2, 0.25) is 0 Å². The van der Waals surface area contributed by atoms with Crippen LogP contribution in [0.1, 0.15) is 47.9 Å². The number of aromatic nitrogens is 2. The summed E-state index contributed by atoms with van der Waals surface area (Å²) >= 11 is 0. The second-order valence-electron chi connectivity index (χ2n) is 7.56. The molecule has 0 saturated carbocycles. The van der Waals surface area contributed by atoms with Crippen LogP contribution in [0.3, 0.4) is 0 Å². The molecule has 1 amide bonds.